The van der Waals surface area contributed by atoms with Crippen molar-refractivity contribution in [3.8, 4) is 0 Å². The van der Waals surface area contributed by atoms with Crippen LogP contribution in [0.15, 0.2) is 0 Å². The molecule has 0 radical (unpaired) electrons. The first-order valence-electron chi connectivity index (χ1n) is 8.13. The Morgan fingerprint density at radius 1 is 1.05 bits per heavy atom. The fraction of sp³-hybridized carbons (Fsp3) is 0.944. The summed E-state index contributed by atoms with van der Waals surface area (Å²) < 4.78 is 0. The molecule has 1 atom stereocenters. The lowest BCUT2D eigenvalue weighted by molar-refractivity contribution is -0.124. The van der Waals surface area contributed by atoms with Gasteiger partial charge in [0.25, 0.3) is 0 Å². The molecule has 1 fully saturated rings. The van der Waals surface area contributed by atoms with E-state index in [1.165, 1.54) is 0 Å². The van der Waals surface area contributed by atoms with Crippen LogP contribution >= 0.6 is 0 Å². The minimum Gasteiger partial charge on any atom is -0.300 e. The number of rotatable bonds is 1. The third kappa shape index (κ3) is 4.58. The summed E-state index contributed by atoms with van der Waals surface area (Å²) in [5, 5.41) is 0. The predicted octanol–water partition coefficient (Wildman–Crippen LogP) is 4.67. The van der Waals surface area contributed by atoms with E-state index in [2.05, 4.69) is 60.4 Å². The van der Waals surface area contributed by atoms with Crippen molar-refractivity contribution in [1.82, 2.24) is 4.90 Å². The van der Waals surface area contributed by atoms with E-state index in [4.69, 9.17) is 0 Å². The average molecular weight is 281 g/mol. The second-order valence-electron chi connectivity index (χ2n) is 9.09. The van der Waals surface area contributed by atoms with Crippen molar-refractivity contribution >= 4 is 5.78 Å². The summed E-state index contributed by atoms with van der Waals surface area (Å²) in [5.41, 5.74) is 0.327. The molecule has 0 bridgehead atoms. The Labute approximate surface area is 126 Å². The molecule has 0 aromatic rings. The van der Waals surface area contributed by atoms with Crippen LogP contribution in [0.5, 0.6) is 0 Å². The molecule has 0 saturated carbocycles. The molecule has 0 N–H and O–H groups in total. The largest absolute Gasteiger partial charge is 0.300 e. The van der Waals surface area contributed by atoms with Gasteiger partial charge in [-0.25, -0.2) is 0 Å². The molecule has 1 rings (SSSR count). The number of hydrogen-bond acceptors (Lipinski definition) is 2. The van der Waals surface area contributed by atoms with Crippen molar-refractivity contribution in [3.63, 3.8) is 0 Å². The van der Waals surface area contributed by atoms with Crippen molar-refractivity contribution in [2.75, 3.05) is 7.05 Å². The van der Waals surface area contributed by atoms with E-state index in [0.717, 1.165) is 25.7 Å². The van der Waals surface area contributed by atoms with E-state index in [1.54, 1.807) is 0 Å². The van der Waals surface area contributed by atoms with E-state index >= 15 is 0 Å². The molecule has 0 aliphatic carbocycles. The second-order valence-corrected chi connectivity index (χ2v) is 9.09. The highest BCUT2D eigenvalue weighted by molar-refractivity contribution is 5.79. The molecule has 1 saturated heterocycles. The molecule has 1 aliphatic heterocycles. The molecule has 2 heteroatoms. The maximum atomic E-state index is 12.4. The first-order chi connectivity index (χ1) is 8.88. The quantitative estimate of drug-likeness (QED) is 0.696. The van der Waals surface area contributed by atoms with Gasteiger partial charge in [-0.3, -0.25) is 9.69 Å². The van der Waals surface area contributed by atoms with Gasteiger partial charge < -0.3 is 0 Å². The summed E-state index contributed by atoms with van der Waals surface area (Å²) in [5.74, 6) is 0.440. The zero-order valence-corrected chi connectivity index (χ0v) is 15.0. The van der Waals surface area contributed by atoms with Crippen LogP contribution < -0.4 is 0 Å². The summed E-state index contributed by atoms with van der Waals surface area (Å²) in [4.78, 5) is 15.0. The normalized spacial score (nSPS) is 31.0. The summed E-state index contributed by atoms with van der Waals surface area (Å²) in [6.07, 6.45) is 4.76. The van der Waals surface area contributed by atoms with Crippen LogP contribution in [0, 0.1) is 10.8 Å². The molecule has 0 aromatic carbocycles. The van der Waals surface area contributed by atoms with Gasteiger partial charge in [-0.1, -0.05) is 34.6 Å². The predicted molar refractivity (Wildman–Crippen MR) is 87.0 cm³/mol. The maximum Gasteiger partial charge on any atom is 0.133 e. The van der Waals surface area contributed by atoms with Gasteiger partial charge in [0.15, 0.2) is 0 Å². The van der Waals surface area contributed by atoms with Crippen LogP contribution in [-0.4, -0.2) is 29.3 Å². The van der Waals surface area contributed by atoms with Crippen LogP contribution in [0.4, 0.5) is 0 Å². The van der Waals surface area contributed by atoms with Crippen LogP contribution in [-0.2, 0) is 4.79 Å². The lowest BCUT2D eigenvalue weighted by Gasteiger charge is -2.48. The Morgan fingerprint density at radius 3 is 2.05 bits per heavy atom. The fourth-order valence-corrected chi connectivity index (χ4v) is 4.25. The first kappa shape index (κ1) is 17.7. The van der Waals surface area contributed by atoms with Gasteiger partial charge in [-0.15, -0.1) is 0 Å². The number of Topliss-reactive ketones (excluding diaryl/α,β-unsaturated/α-hetero) is 1. The zero-order valence-electron chi connectivity index (χ0n) is 15.0. The summed E-state index contributed by atoms with van der Waals surface area (Å²) in [6, 6.07) is 0.557. The molecule has 2 nitrogen and oxygen atoms in total. The van der Waals surface area contributed by atoms with Crippen LogP contribution in [0.1, 0.15) is 80.6 Å². The third-order valence-electron chi connectivity index (χ3n) is 5.02. The van der Waals surface area contributed by atoms with Gasteiger partial charge in [-0.2, -0.15) is 0 Å². The van der Waals surface area contributed by atoms with Crippen molar-refractivity contribution in [1.29, 1.82) is 0 Å². The van der Waals surface area contributed by atoms with Crippen LogP contribution in [0.2, 0.25) is 0 Å². The SMILES string of the molecule is CCC1CC(C)(C)CC(=O)CC(C)(C)CC(C)(C)N1C. The summed E-state index contributed by atoms with van der Waals surface area (Å²) >= 11 is 0. The lowest BCUT2D eigenvalue weighted by atomic mass is 9.70. The minimum atomic E-state index is 0.0839. The van der Waals surface area contributed by atoms with Gasteiger partial charge >= 0.3 is 0 Å². The van der Waals surface area contributed by atoms with Crippen LogP contribution in [0.3, 0.4) is 0 Å². The number of hydrogen-bond donors (Lipinski definition) is 0. The molecule has 1 unspecified atom stereocenters. The number of nitrogens with zero attached hydrogens (tertiary/aromatic N) is 1. The maximum absolute atomic E-state index is 12.4. The van der Waals surface area contributed by atoms with Crippen molar-refractivity contribution in [2.24, 2.45) is 10.8 Å². The highest BCUT2D eigenvalue weighted by Crippen LogP contribution is 2.41. The summed E-state index contributed by atoms with van der Waals surface area (Å²) in [7, 11) is 2.27. The second kappa shape index (κ2) is 5.79. The van der Waals surface area contributed by atoms with Gasteiger partial charge in [-0.05, 0) is 51.0 Å². The minimum absolute atomic E-state index is 0.0839. The average Bonchev–Trinajstić information content (AvgIpc) is 2.20. The first-order valence-corrected chi connectivity index (χ1v) is 8.13. The van der Waals surface area contributed by atoms with E-state index in [-0.39, 0.29) is 16.4 Å². The zero-order chi connectivity index (χ0) is 15.8. The number of carbonyl (C=O) groups is 1. The van der Waals surface area contributed by atoms with Crippen LogP contribution in [0.25, 0.3) is 0 Å². The van der Waals surface area contributed by atoms with Gasteiger partial charge in [0.05, 0.1) is 0 Å². The Bertz CT molecular complexity index is 354. The highest BCUT2D eigenvalue weighted by atomic mass is 16.1. The Hall–Kier alpha value is -0.370. The van der Waals surface area contributed by atoms with Gasteiger partial charge in [0.1, 0.15) is 5.78 Å². The van der Waals surface area contributed by atoms with Gasteiger partial charge in [0, 0.05) is 24.4 Å². The molecule has 0 aromatic heterocycles. The van der Waals surface area contributed by atoms with Crippen molar-refractivity contribution < 1.29 is 4.79 Å². The van der Waals surface area contributed by atoms with Gasteiger partial charge in [0.2, 0.25) is 0 Å². The standard InChI is InChI=1S/C18H35NO/c1-9-14-10-16(2,3)11-15(20)12-17(4,5)13-18(6,7)19(14)8/h14H,9-13H2,1-8H3. The number of ketones is 1. The van der Waals surface area contributed by atoms with Crippen molar-refractivity contribution in [2.45, 2.75) is 92.2 Å². The fourth-order valence-electron chi connectivity index (χ4n) is 4.25. The topological polar surface area (TPSA) is 20.3 Å². The molecular formula is C18H35NO. The molecule has 1 heterocycles. The Kier molecular flexibility index (Phi) is 5.12. The summed E-state index contributed by atoms with van der Waals surface area (Å²) in [6.45, 7) is 15.9. The molecule has 0 amide bonds. The Morgan fingerprint density at radius 2 is 1.55 bits per heavy atom. The van der Waals surface area contributed by atoms with Crippen molar-refractivity contribution in [3.05, 3.63) is 0 Å². The van der Waals surface area contributed by atoms with E-state index in [1.807, 2.05) is 0 Å². The molecule has 20 heavy (non-hydrogen) atoms. The molecular weight excluding hydrogens is 246 g/mol. The Balaban J connectivity index is 3.12. The highest BCUT2D eigenvalue weighted by Gasteiger charge is 2.39. The lowest BCUT2D eigenvalue weighted by Crippen LogP contribution is -2.51. The van der Waals surface area contributed by atoms with E-state index in [9.17, 15) is 4.79 Å². The molecule has 1 aliphatic rings. The van der Waals surface area contributed by atoms with E-state index < -0.39 is 0 Å². The smallest absolute Gasteiger partial charge is 0.133 e. The molecule has 0 spiro atoms. The molecule has 118 valence electrons. The third-order valence-corrected chi connectivity index (χ3v) is 5.02. The monoisotopic (exact) mass is 281 g/mol. The number of carbonyl (C=O) groups excluding carboxylic acids is 1. The van der Waals surface area contributed by atoms with E-state index in [0.29, 0.717) is 18.2 Å².